The molecule has 0 N–H and O–H groups in total. The zero-order valence-electron chi connectivity index (χ0n) is 18.4. The quantitative estimate of drug-likeness (QED) is 0.526. The minimum absolute atomic E-state index is 0.00280. The molecule has 1 aromatic carbocycles. The monoisotopic (exact) mass is 498 g/mol. The van der Waals surface area contributed by atoms with Crippen molar-refractivity contribution in [2.24, 2.45) is 5.41 Å². The van der Waals surface area contributed by atoms with Crippen LogP contribution in [0.1, 0.15) is 11.4 Å². The Kier molecular flexibility index (Phi) is 4.32. The topological polar surface area (TPSA) is 100 Å². The molecule has 0 saturated carbocycles. The highest BCUT2D eigenvalue weighted by atomic mass is 35.5. The molecule has 0 amide bonds. The van der Waals surface area contributed by atoms with Gasteiger partial charge in [0, 0.05) is 61.6 Å². The maximum atomic E-state index is 11.8. The number of halogens is 1. The Labute approximate surface area is 202 Å². The summed E-state index contributed by atoms with van der Waals surface area (Å²) in [5.74, 6) is 2.84. The molecule has 3 saturated heterocycles. The molecule has 2 aromatic heterocycles. The fourth-order valence-corrected chi connectivity index (χ4v) is 7.38. The molecule has 176 valence electrons. The highest BCUT2D eigenvalue weighted by Crippen LogP contribution is 2.43. The van der Waals surface area contributed by atoms with Gasteiger partial charge in [0.25, 0.3) is 0 Å². The third-order valence-electron chi connectivity index (χ3n) is 7.35. The summed E-state index contributed by atoms with van der Waals surface area (Å²) < 4.78 is 25.8. The van der Waals surface area contributed by atoms with Gasteiger partial charge in [0.1, 0.15) is 0 Å². The fourth-order valence-electron chi connectivity index (χ4n) is 5.69. The molecule has 0 radical (unpaired) electrons. The number of rotatable bonds is 3. The van der Waals surface area contributed by atoms with Crippen molar-refractivity contribution in [2.75, 3.05) is 47.5 Å². The Morgan fingerprint density at radius 3 is 2.44 bits per heavy atom. The van der Waals surface area contributed by atoms with E-state index in [1.165, 1.54) is 0 Å². The van der Waals surface area contributed by atoms with Crippen LogP contribution in [0, 0.1) is 5.41 Å². The lowest BCUT2D eigenvalue weighted by molar-refractivity contribution is 0.152. The van der Waals surface area contributed by atoms with Crippen LogP contribution in [0.25, 0.3) is 5.69 Å². The number of aromatic nitrogens is 5. The number of hydrogen-bond donors (Lipinski definition) is 0. The maximum absolute atomic E-state index is 11.8. The molecule has 3 fully saturated rings. The van der Waals surface area contributed by atoms with E-state index in [1.54, 1.807) is 12.4 Å². The lowest BCUT2D eigenvalue weighted by Gasteiger charge is -2.60. The van der Waals surface area contributed by atoms with Crippen LogP contribution < -0.4 is 9.80 Å². The van der Waals surface area contributed by atoms with E-state index in [0.717, 1.165) is 55.2 Å². The molecule has 6 heterocycles. The molecule has 12 heteroatoms. The Balaban J connectivity index is 1.15. The first kappa shape index (κ1) is 20.6. The number of anilines is 2. The third-order valence-corrected chi connectivity index (χ3v) is 9.37. The lowest BCUT2D eigenvalue weighted by Crippen LogP contribution is -2.73. The second kappa shape index (κ2) is 7.12. The van der Waals surface area contributed by atoms with Crippen LogP contribution in [0.15, 0.2) is 36.7 Å². The molecule has 0 bridgehead atoms. The van der Waals surface area contributed by atoms with Crippen LogP contribution in [-0.2, 0) is 22.9 Å². The van der Waals surface area contributed by atoms with Gasteiger partial charge in [0.05, 0.1) is 23.7 Å². The van der Waals surface area contributed by atoms with Crippen LogP contribution in [0.2, 0.25) is 5.02 Å². The predicted molar refractivity (Wildman–Crippen MR) is 127 cm³/mol. The minimum Gasteiger partial charge on any atom is -0.339 e. The highest BCUT2D eigenvalue weighted by Gasteiger charge is 2.54. The summed E-state index contributed by atoms with van der Waals surface area (Å²) in [5, 5.41) is 9.78. The predicted octanol–water partition coefficient (Wildman–Crippen LogP) is 1.15. The number of fused-ring (bicyclic) bond motifs is 3. The fraction of sp³-hybridized carbons (Fsp3) is 0.455. The summed E-state index contributed by atoms with van der Waals surface area (Å²) in [6, 6.07) is 7.70. The van der Waals surface area contributed by atoms with Gasteiger partial charge in [0.2, 0.25) is 11.9 Å². The summed E-state index contributed by atoms with van der Waals surface area (Å²) in [5.41, 5.74) is 2.30. The van der Waals surface area contributed by atoms with E-state index < -0.39 is 9.84 Å². The van der Waals surface area contributed by atoms with Crippen LogP contribution in [0.3, 0.4) is 0 Å². The Morgan fingerprint density at radius 2 is 1.71 bits per heavy atom. The van der Waals surface area contributed by atoms with E-state index in [0.29, 0.717) is 18.1 Å². The van der Waals surface area contributed by atoms with Crippen molar-refractivity contribution in [1.82, 2.24) is 29.6 Å². The number of benzene rings is 1. The normalized spacial score (nSPS) is 22.9. The van der Waals surface area contributed by atoms with Crippen LogP contribution in [0.4, 0.5) is 11.9 Å². The van der Waals surface area contributed by atoms with Crippen molar-refractivity contribution in [2.45, 2.75) is 19.1 Å². The number of hydrogen-bond acceptors (Lipinski definition) is 9. The van der Waals surface area contributed by atoms with E-state index in [4.69, 9.17) is 11.6 Å². The molecule has 0 unspecified atom stereocenters. The van der Waals surface area contributed by atoms with E-state index in [2.05, 4.69) is 39.4 Å². The maximum Gasteiger partial charge on any atom is 0.231 e. The van der Waals surface area contributed by atoms with Crippen molar-refractivity contribution < 1.29 is 8.42 Å². The second-order valence-electron chi connectivity index (χ2n) is 9.92. The molecule has 3 aromatic rings. The van der Waals surface area contributed by atoms with Crippen LogP contribution in [0.5, 0.6) is 0 Å². The average molecular weight is 499 g/mol. The van der Waals surface area contributed by atoms with Gasteiger partial charge in [-0.15, -0.1) is 10.2 Å². The first-order valence-corrected chi connectivity index (χ1v) is 13.5. The molecule has 10 nitrogen and oxygen atoms in total. The van der Waals surface area contributed by atoms with Gasteiger partial charge in [0.15, 0.2) is 15.7 Å². The lowest BCUT2D eigenvalue weighted by atomic mass is 9.73. The Morgan fingerprint density at radius 1 is 0.971 bits per heavy atom. The number of nitrogens with zero attached hydrogens (tertiary/aromatic N) is 8. The van der Waals surface area contributed by atoms with Gasteiger partial charge in [-0.25, -0.2) is 18.4 Å². The molecule has 0 aliphatic carbocycles. The van der Waals surface area contributed by atoms with Crippen molar-refractivity contribution >= 4 is 33.3 Å². The molecule has 4 aliphatic heterocycles. The average Bonchev–Trinajstić information content (AvgIpc) is 3.06. The van der Waals surface area contributed by atoms with E-state index in [9.17, 15) is 8.42 Å². The summed E-state index contributed by atoms with van der Waals surface area (Å²) in [7, 11) is -2.92. The van der Waals surface area contributed by atoms with E-state index in [1.807, 2.05) is 24.3 Å². The highest BCUT2D eigenvalue weighted by molar-refractivity contribution is 7.92. The SMILES string of the molecule is O=S1(=O)CC(N2Cc3cc(Cl)ccc3-n3c(nnc3N3CC4(CN(c5ncccn5)C4)C3)C2)C1. The molecular formula is C22H23ClN8O2S. The first-order chi connectivity index (χ1) is 16.4. The third kappa shape index (κ3) is 3.21. The standard InChI is InChI=1S/C22H23ClN8O2S/c23-16-2-3-18-15(6-16)7-28(17-9-34(32,33)10-17)8-19-26-27-21(31(18)19)30-13-22(14-30)11-29(12-22)20-24-4-1-5-25-20/h1-6,17H,7-14H2. The summed E-state index contributed by atoms with van der Waals surface area (Å²) in [4.78, 5) is 15.4. The van der Waals surface area contributed by atoms with Gasteiger partial charge >= 0.3 is 0 Å². The molecule has 0 atom stereocenters. The molecule has 34 heavy (non-hydrogen) atoms. The van der Waals surface area contributed by atoms with Gasteiger partial charge in [-0.05, 0) is 29.8 Å². The molecule has 7 rings (SSSR count). The van der Waals surface area contributed by atoms with E-state index in [-0.39, 0.29) is 23.0 Å². The zero-order valence-corrected chi connectivity index (χ0v) is 20.0. The Bertz CT molecular complexity index is 1370. The minimum atomic E-state index is -2.92. The summed E-state index contributed by atoms with van der Waals surface area (Å²) >= 11 is 6.34. The van der Waals surface area contributed by atoms with Crippen molar-refractivity contribution in [1.29, 1.82) is 0 Å². The largest absolute Gasteiger partial charge is 0.339 e. The van der Waals surface area contributed by atoms with Gasteiger partial charge in [-0.3, -0.25) is 9.47 Å². The summed E-state index contributed by atoms with van der Waals surface area (Å²) in [6.45, 7) is 4.87. The zero-order chi connectivity index (χ0) is 23.1. The molecular weight excluding hydrogens is 476 g/mol. The first-order valence-electron chi connectivity index (χ1n) is 11.3. The molecule has 4 aliphatic rings. The van der Waals surface area contributed by atoms with Gasteiger partial charge in [-0.2, -0.15) is 0 Å². The number of sulfone groups is 1. The van der Waals surface area contributed by atoms with Crippen molar-refractivity contribution in [3.8, 4) is 5.69 Å². The van der Waals surface area contributed by atoms with Crippen LogP contribution in [-0.4, -0.2) is 81.8 Å². The smallest absolute Gasteiger partial charge is 0.231 e. The van der Waals surface area contributed by atoms with Crippen molar-refractivity contribution in [3.63, 3.8) is 0 Å². The van der Waals surface area contributed by atoms with Crippen LogP contribution >= 0.6 is 11.6 Å². The summed E-state index contributed by atoms with van der Waals surface area (Å²) in [6.07, 6.45) is 3.55. The Hall–Kier alpha value is -2.76. The van der Waals surface area contributed by atoms with E-state index >= 15 is 0 Å². The second-order valence-corrected chi connectivity index (χ2v) is 12.5. The molecule has 1 spiro atoms. The van der Waals surface area contributed by atoms with Crippen molar-refractivity contribution in [3.05, 3.63) is 53.1 Å². The van der Waals surface area contributed by atoms with Gasteiger partial charge < -0.3 is 9.80 Å². The van der Waals surface area contributed by atoms with Gasteiger partial charge in [-0.1, -0.05) is 11.6 Å².